The van der Waals surface area contributed by atoms with Gasteiger partial charge in [0.05, 0.1) is 6.54 Å². The average Bonchev–Trinajstić information content (AvgIpc) is 2.79. The van der Waals surface area contributed by atoms with Crippen molar-refractivity contribution >= 4 is 6.09 Å². The zero-order valence-corrected chi connectivity index (χ0v) is 21.0. The number of hydrogen-bond acceptors (Lipinski definition) is 6. The SMILES string of the molecule is CC(C)(C)OC(=O)N1CCC2(CC1)CC(Oc1coc(CN3CCc4ccccc4C3)cc1=O)C2. The third kappa shape index (κ3) is 5.56. The summed E-state index contributed by atoms with van der Waals surface area (Å²) in [6.07, 6.45) is 5.98. The molecule has 1 aliphatic carbocycles. The summed E-state index contributed by atoms with van der Waals surface area (Å²) in [7, 11) is 0. The molecule has 7 heteroatoms. The Bertz CT molecular complexity index is 1120. The van der Waals surface area contributed by atoms with E-state index in [1.165, 1.54) is 17.4 Å². The Morgan fingerprint density at radius 2 is 1.83 bits per heavy atom. The van der Waals surface area contributed by atoms with Gasteiger partial charge in [0.15, 0.2) is 0 Å². The van der Waals surface area contributed by atoms with E-state index in [1.54, 1.807) is 11.0 Å². The lowest BCUT2D eigenvalue weighted by Crippen LogP contribution is -2.52. The summed E-state index contributed by atoms with van der Waals surface area (Å²) in [5.74, 6) is 0.963. The predicted molar refractivity (Wildman–Crippen MR) is 132 cm³/mol. The van der Waals surface area contributed by atoms with Gasteiger partial charge in [-0.2, -0.15) is 0 Å². The molecule has 2 aromatic rings. The minimum Gasteiger partial charge on any atom is -0.483 e. The smallest absolute Gasteiger partial charge is 0.410 e. The number of rotatable bonds is 4. The molecule has 1 spiro atoms. The lowest BCUT2D eigenvalue weighted by molar-refractivity contribution is -0.0592. The van der Waals surface area contributed by atoms with Gasteiger partial charge in [0.2, 0.25) is 11.2 Å². The van der Waals surface area contributed by atoms with E-state index >= 15 is 0 Å². The minimum atomic E-state index is -0.475. The van der Waals surface area contributed by atoms with Crippen molar-refractivity contribution in [3.8, 4) is 5.75 Å². The lowest BCUT2D eigenvalue weighted by Gasteiger charge is -2.51. The van der Waals surface area contributed by atoms with Crippen molar-refractivity contribution in [2.45, 2.75) is 77.7 Å². The van der Waals surface area contributed by atoms with Crippen LogP contribution in [-0.4, -0.2) is 47.2 Å². The molecule has 3 aliphatic rings. The second kappa shape index (κ2) is 9.34. The molecule has 1 amide bonds. The van der Waals surface area contributed by atoms with E-state index in [2.05, 4.69) is 29.2 Å². The molecule has 1 aromatic carbocycles. The van der Waals surface area contributed by atoms with Crippen LogP contribution in [0.15, 0.2) is 45.8 Å². The Kier molecular flexibility index (Phi) is 6.38. The van der Waals surface area contributed by atoms with Gasteiger partial charge >= 0.3 is 6.09 Å². The van der Waals surface area contributed by atoms with E-state index in [0.717, 1.165) is 45.2 Å². The molecule has 2 aliphatic heterocycles. The summed E-state index contributed by atoms with van der Waals surface area (Å²) in [5, 5.41) is 0. The van der Waals surface area contributed by atoms with Gasteiger partial charge in [-0.3, -0.25) is 9.69 Å². The number of piperidine rings is 1. The third-order valence-corrected chi connectivity index (χ3v) is 7.53. The molecule has 5 rings (SSSR count). The number of nitrogens with zero attached hydrogens (tertiary/aromatic N) is 2. The predicted octanol–water partition coefficient (Wildman–Crippen LogP) is 4.76. The standard InChI is InChI=1S/C28H36N2O5/c1-27(2,3)35-26(32)30-12-9-28(10-13-30)15-23(16-28)34-25-19-33-22(14-24(25)31)18-29-11-8-20-6-4-5-7-21(20)17-29/h4-7,14,19,23H,8-13,15-18H2,1-3H3. The molecule has 0 N–H and O–H groups in total. The second-order valence-corrected chi connectivity index (χ2v) is 11.4. The van der Waals surface area contributed by atoms with Gasteiger partial charge in [-0.15, -0.1) is 0 Å². The topological polar surface area (TPSA) is 72.2 Å². The van der Waals surface area contributed by atoms with Crippen molar-refractivity contribution in [3.05, 3.63) is 63.7 Å². The van der Waals surface area contributed by atoms with Gasteiger partial charge in [-0.05, 0) is 69.4 Å². The fourth-order valence-corrected chi connectivity index (χ4v) is 5.58. The maximum absolute atomic E-state index is 12.7. The zero-order chi connectivity index (χ0) is 24.6. The molecule has 0 atom stereocenters. The molecule has 35 heavy (non-hydrogen) atoms. The molecule has 0 radical (unpaired) electrons. The van der Waals surface area contributed by atoms with Crippen LogP contribution in [0.3, 0.4) is 0 Å². The summed E-state index contributed by atoms with van der Waals surface area (Å²) in [5.41, 5.74) is 2.36. The molecule has 1 aromatic heterocycles. The van der Waals surface area contributed by atoms with Crippen LogP contribution in [0, 0.1) is 5.41 Å². The van der Waals surface area contributed by atoms with Crippen molar-refractivity contribution in [1.82, 2.24) is 9.80 Å². The summed E-state index contributed by atoms with van der Waals surface area (Å²) >= 11 is 0. The molecule has 0 unspecified atom stereocenters. The van der Waals surface area contributed by atoms with Gasteiger partial charge < -0.3 is 18.8 Å². The molecule has 2 fully saturated rings. The number of hydrogen-bond donors (Lipinski definition) is 0. The van der Waals surface area contributed by atoms with Crippen LogP contribution in [-0.2, 0) is 24.2 Å². The van der Waals surface area contributed by atoms with E-state index in [1.807, 2.05) is 20.8 Å². The van der Waals surface area contributed by atoms with Gasteiger partial charge in [-0.25, -0.2) is 4.79 Å². The Balaban J connectivity index is 1.10. The number of carbonyl (C=O) groups is 1. The largest absolute Gasteiger partial charge is 0.483 e. The van der Waals surface area contributed by atoms with Crippen molar-refractivity contribution in [1.29, 1.82) is 0 Å². The maximum atomic E-state index is 12.7. The van der Waals surface area contributed by atoms with Crippen molar-refractivity contribution in [2.24, 2.45) is 5.41 Å². The second-order valence-electron chi connectivity index (χ2n) is 11.4. The molecule has 3 heterocycles. The van der Waals surface area contributed by atoms with Crippen molar-refractivity contribution in [2.75, 3.05) is 19.6 Å². The first-order chi connectivity index (χ1) is 16.7. The average molecular weight is 481 g/mol. The normalized spacial score (nSPS) is 20.3. The molecule has 1 saturated heterocycles. The van der Waals surface area contributed by atoms with Crippen molar-refractivity contribution < 1.29 is 18.7 Å². The first-order valence-electron chi connectivity index (χ1n) is 12.7. The Morgan fingerprint density at radius 1 is 1.11 bits per heavy atom. The van der Waals surface area contributed by atoms with Crippen molar-refractivity contribution in [3.63, 3.8) is 0 Å². The summed E-state index contributed by atoms with van der Waals surface area (Å²) in [6.45, 7) is 9.52. The van der Waals surface area contributed by atoms with Gasteiger partial charge in [0, 0.05) is 32.2 Å². The number of carbonyl (C=O) groups excluding carboxylic acids is 1. The fourth-order valence-electron chi connectivity index (χ4n) is 5.58. The summed E-state index contributed by atoms with van der Waals surface area (Å²) in [4.78, 5) is 29.1. The summed E-state index contributed by atoms with van der Waals surface area (Å²) < 4.78 is 17.3. The van der Waals surface area contributed by atoms with E-state index in [-0.39, 0.29) is 23.0 Å². The lowest BCUT2D eigenvalue weighted by atomic mass is 9.61. The Hall–Kier alpha value is -2.80. The first kappa shape index (κ1) is 23.9. The first-order valence-corrected chi connectivity index (χ1v) is 12.7. The molecule has 1 saturated carbocycles. The van der Waals surface area contributed by atoms with Crippen LogP contribution in [0.4, 0.5) is 4.79 Å². The Morgan fingerprint density at radius 3 is 2.51 bits per heavy atom. The van der Waals surface area contributed by atoms with Crippen LogP contribution < -0.4 is 10.2 Å². The van der Waals surface area contributed by atoms with E-state index < -0.39 is 5.60 Å². The fraction of sp³-hybridized carbons (Fsp3) is 0.571. The highest BCUT2D eigenvalue weighted by Gasteiger charge is 2.48. The van der Waals surface area contributed by atoms with Crippen LogP contribution in [0.5, 0.6) is 5.75 Å². The zero-order valence-electron chi connectivity index (χ0n) is 21.0. The quantitative estimate of drug-likeness (QED) is 0.629. The number of ether oxygens (including phenoxy) is 2. The highest BCUT2D eigenvalue weighted by Crippen LogP contribution is 2.50. The van der Waals surface area contributed by atoms with Crippen LogP contribution in [0.1, 0.15) is 63.3 Å². The minimum absolute atomic E-state index is 0.0235. The van der Waals surface area contributed by atoms with Gasteiger partial charge in [0.1, 0.15) is 23.7 Å². The monoisotopic (exact) mass is 480 g/mol. The van der Waals surface area contributed by atoms with E-state index in [0.29, 0.717) is 31.1 Å². The van der Waals surface area contributed by atoms with Gasteiger partial charge in [-0.1, -0.05) is 24.3 Å². The highest BCUT2D eigenvalue weighted by atomic mass is 16.6. The number of benzene rings is 1. The van der Waals surface area contributed by atoms with Crippen LogP contribution in [0.2, 0.25) is 0 Å². The molecule has 188 valence electrons. The van der Waals surface area contributed by atoms with E-state index in [4.69, 9.17) is 13.9 Å². The number of fused-ring (bicyclic) bond motifs is 1. The van der Waals surface area contributed by atoms with E-state index in [9.17, 15) is 9.59 Å². The third-order valence-electron chi connectivity index (χ3n) is 7.53. The molecular formula is C28H36N2O5. The number of amides is 1. The number of likely N-dealkylation sites (tertiary alicyclic amines) is 1. The summed E-state index contributed by atoms with van der Waals surface area (Å²) in [6, 6.07) is 10.1. The Labute approximate surface area is 207 Å². The molecule has 7 nitrogen and oxygen atoms in total. The van der Waals surface area contributed by atoms with Crippen LogP contribution >= 0.6 is 0 Å². The maximum Gasteiger partial charge on any atom is 0.410 e. The van der Waals surface area contributed by atoms with Gasteiger partial charge in [0.25, 0.3) is 0 Å². The molecular weight excluding hydrogens is 444 g/mol. The molecule has 0 bridgehead atoms. The highest BCUT2D eigenvalue weighted by molar-refractivity contribution is 5.68. The van der Waals surface area contributed by atoms with Crippen LogP contribution in [0.25, 0.3) is 0 Å².